The number of allylic oxidation sites excluding steroid dienone is 1. The molecule has 1 rings (SSSR count). The Kier molecular flexibility index (Phi) is 2.66. The molecule has 0 saturated carbocycles. The second-order valence-electron chi connectivity index (χ2n) is 3.32. The van der Waals surface area contributed by atoms with E-state index in [1.807, 2.05) is 32.9 Å². The molecule has 0 spiro atoms. The van der Waals surface area contributed by atoms with E-state index in [4.69, 9.17) is 0 Å². The van der Waals surface area contributed by atoms with Crippen LogP contribution in [0.5, 0.6) is 0 Å². The van der Waals surface area contributed by atoms with Crippen molar-refractivity contribution in [2.45, 2.75) is 20.8 Å². The van der Waals surface area contributed by atoms with Gasteiger partial charge in [-0.25, -0.2) is 0 Å². The van der Waals surface area contributed by atoms with Gasteiger partial charge in [-0.2, -0.15) is 0 Å². The highest BCUT2D eigenvalue weighted by Crippen LogP contribution is 2.15. The van der Waals surface area contributed by atoms with Crippen LogP contribution in [0.15, 0.2) is 24.8 Å². The molecule has 0 bridgehead atoms. The minimum atomic E-state index is 0.000556. The summed E-state index contributed by atoms with van der Waals surface area (Å²) < 4.78 is 0. The number of hydrogen-bond donors (Lipinski definition) is 0. The van der Waals surface area contributed by atoms with E-state index in [1.54, 1.807) is 0 Å². The number of carbonyl (C=O) groups excluding carboxylic acids is 1. The Morgan fingerprint density at radius 3 is 2.23 bits per heavy atom. The summed E-state index contributed by atoms with van der Waals surface area (Å²) in [4.78, 5) is 11.4. The van der Waals surface area contributed by atoms with Crippen LogP contribution >= 0.6 is 0 Å². The third kappa shape index (κ3) is 1.86. The van der Waals surface area contributed by atoms with Crippen molar-refractivity contribution in [3.05, 3.63) is 47.0 Å². The molecule has 0 heterocycles. The molecule has 0 unspecified atom stereocenters. The molecule has 1 heteroatoms. The highest BCUT2D eigenvalue weighted by atomic mass is 16.1. The van der Waals surface area contributed by atoms with Gasteiger partial charge in [0.2, 0.25) is 0 Å². The summed E-state index contributed by atoms with van der Waals surface area (Å²) in [5, 5.41) is 0. The first kappa shape index (κ1) is 9.72. The van der Waals surface area contributed by atoms with Crippen molar-refractivity contribution in [1.82, 2.24) is 0 Å². The summed E-state index contributed by atoms with van der Waals surface area (Å²) in [7, 11) is 0. The molecular formula is C12H14O. The molecule has 0 atom stereocenters. The zero-order valence-corrected chi connectivity index (χ0v) is 8.35. The van der Waals surface area contributed by atoms with Gasteiger partial charge in [0.15, 0.2) is 5.78 Å². The molecule has 0 amide bonds. The van der Waals surface area contributed by atoms with E-state index in [0.29, 0.717) is 0 Å². The minimum Gasteiger partial charge on any atom is -0.289 e. The average molecular weight is 174 g/mol. The van der Waals surface area contributed by atoms with Gasteiger partial charge in [-0.3, -0.25) is 4.79 Å². The third-order valence-electron chi connectivity index (χ3n) is 2.29. The number of ketones is 1. The molecule has 0 fully saturated rings. The molecule has 0 saturated heterocycles. The molecule has 0 aliphatic heterocycles. The first-order valence-electron chi connectivity index (χ1n) is 4.31. The second kappa shape index (κ2) is 3.56. The average Bonchev–Trinajstić information content (AvgIpc) is 2.10. The lowest BCUT2D eigenvalue weighted by molar-refractivity contribution is 0.104. The fourth-order valence-corrected chi connectivity index (χ4v) is 1.34. The van der Waals surface area contributed by atoms with Crippen molar-refractivity contribution >= 4 is 5.78 Å². The first-order valence-corrected chi connectivity index (χ1v) is 4.31. The lowest BCUT2D eigenvalue weighted by Crippen LogP contribution is -1.99. The summed E-state index contributed by atoms with van der Waals surface area (Å²) in [5.41, 5.74) is 4.15. The highest BCUT2D eigenvalue weighted by molar-refractivity contribution is 6.05. The standard InChI is InChI=1S/C12H14O/c1-5-12(13)11-7-9(3)8(2)6-10(11)4/h5-7H,1H2,2-4H3. The molecular weight excluding hydrogens is 160 g/mol. The fourth-order valence-electron chi connectivity index (χ4n) is 1.34. The van der Waals surface area contributed by atoms with Gasteiger partial charge in [0, 0.05) is 5.56 Å². The number of hydrogen-bond acceptors (Lipinski definition) is 1. The Morgan fingerprint density at radius 1 is 1.15 bits per heavy atom. The van der Waals surface area contributed by atoms with Gasteiger partial charge in [-0.1, -0.05) is 12.6 Å². The summed E-state index contributed by atoms with van der Waals surface area (Å²) in [6.07, 6.45) is 1.36. The van der Waals surface area contributed by atoms with Gasteiger partial charge in [0.05, 0.1) is 0 Å². The normalized spacial score (nSPS) is 9.77. The van der Waals surface area contributed by atoms with Crippen molar-refractivity contribution in [3.63, 3.8) is 0 Å². The third-order valence-corrected chi connectivity index (χ3v) is 2.29. The molecule has 1 aromatic rings. The van der Waals surface area contributed by atoms with Crippen LogP contribution < -0.4 is 0 Å². The number of carbonyl (C=O) groups is 1. The smallest absolute Gasteiger partial charge is 0.185 e. The lowest BCUT2D eigenvalue weighted by atomic mass is 9.98. The van der Waals surface area contributed by atoms with Crippen LogP contribution in [0.25, 0.3) is 0 Å². The Morgan fingerprint density at radius 2 is 1.69 bits per heavy atom. The van der Waals surface area contributed by atoms with Crippen molar-refractivity contribution < 1.29 is 4.79 Å². The van der Waals surface area contributed by atoms with Gasteiger partial charge in [-0.15, -0.1) is 0 Å². The van der Waals surface area contributed by atoms with E-state index in [1.165, 1.54) is 11.6 Å². The van der Waals surface area contributed by atoms with Crippen LogP contribution in [0, 0.1) is 20.8 Å². The maximum atomic E-state index is 11.4. The van der Waals surface area contributed by atoms with E-state index in [-0.39, 0.29) is 5.78 Å². The molecule has 0 aliphatic carbocycles. The lowest BCUT2D eigenvalue weighted by Gasteiger charge is -2.06. The largest absolute Gasteiger partial charge is 0.289 e. The molecule has 0 radical (unpaired) electrons. The van der Waals surface area contributed by atoms with Gasteiger partial charge >= 0.3 is 0 Å². The summed E-state index contributed by atoms with van der Waals surface area (Å²) >= 11 is 0. The van der Waals surface area contributed by atoms with Gasteiger partial charge in [0.25, 0.3) is 0 Å². The Balaban J connectivity index is 3.31. The van der Waals surface area contributed by atoms with Gasteiger partial charge in [0.1, 0.15) is 0 Å². The van der Waals surface area contributed by atoms with Crippen LogP contribution in [-0.4, -0.2) is 5.78 Å². The van der Waals surface area contributed by atoms with Crippen molar-refractivity contribution in [1.29, 1.82) is 0 Å². The molecule has 0 aliphatic rings. The van der Waals surface area contributed by atoms with Crippen LogP contribution in [0.2, 0.25) is 0 Å². The predicted molar refractivity (Wildman–Crippen MR) is 55.2 cm³/mol. The van der Waals surface area contributed by atoms with E-state index in [9.17, 15) is 4.79 Å². The van der Waals surface area contributed by atoms with Crippen LogP contribution in [0.4, 0.5) is 0 Å². The molecule has 68 valence electrons. The zero-order chi connectivity index (χ0) is 10.0. The predicted octanol–water partition coefficient (Wildman–Crippen LogP) is 2.98. The monoisotopic (exact) mass is 174 g/mol. The maximum absolute atomic E-state index is 11.4. The van der Waals surface area contributed by atoms with Crippen LogP contribution in [0.3, 0.4) is 0 Å². The van der Waals surface area contributed by atoms with Crippen LogP contribution in [-0.2, 0) is 0 Å². The molecule has 1 aromatic carbocycles. The quantitative estimate of drug-likeness (QED) is 0.497. The van der Waals surface area contributed by atoms with Gasteiger partial charge < -0.3 is 0 Å². The van der Waals surface area contributed by atoms with E-state index in [2.05, 4.69) is 6.58 Å². The SMILES string of the molecule is C=CC(=O)c1cc(C)c(C)cc1C. The molecule has 13 heavy (non-hydrogen) atoms. The molecule has 0 N–H and O–H groups in total. The van der Waals surface area contributed by atoms with Gasteiger partial charge in [-0.05, 0) is 49.6 Å². The Labute approximate surface area is 79.1 Å². The number of rotatable bonds is 2. The first-order chi connectivity index (χ1) is 6.06. The zero-order valence-electron chi connectivity index (χ0n) is 8.35. The van der Waals surface area contributed by atoms with E-state index < -0.39 is 0 Å². The minimum absolute atomic E-state index is 0.000556. The Hall–Kier alpha value is -1.37. The van der Waals surface area contributed by atoms with E-state index in [0.717, 1.165) is 16.7 Å². The summed E-state index contributed by atoms with van der Waals surface area (Å²) in [6, 6.07) is 3.96. The van der Waals surface area contributed by atoms with Crippen molar-refractivity contribution in [2.24, 2.45) is 0 Å². The van der Waals surface area contributed by atoms with Crippen molar-refractivity contribution in [3.8, 4) is 0 Å². The number of aryl methyl sites for hydroxylation is 3. The number of benzene rings is 1. The summed E-state index contributed by atoms with van der Waals surface area (Å²) in [5.74, 6) is 0.000556. The highest BCUT2D eigenvalue weighted by Gasteiger charge is 2.06. The Bertz CT molecular complexity index is 362. The summed E-state index contributed by atoms with van der Waals surface area (Å²) in [6.45, 7) is 9.48. The molecule has 1 nitrogen and oxygen atoms in total. The topological polar surface area (TPSA) is 17.1 Å². The van der Waals surface area contributed by atoms with Crippen molar-refractivity contribution in [2.75, 3.05) is 0 Å². The van der Waals surface area contributed by atoms with Crippen LogP contribution in [0.1, 0.15) is 27.0 Å². The second-order valence-corrected chi connectivity index (χ2v) is 3.32. The van der Waals surface area contributed by atoms with E-state index >= 15 is 0 Å². The fraction of sp³-hybridized carbons (Fsp3) is 0.250. The molecule has 0 aromatic heterocycles. The maximum Gasteiger partial charge on any atom is 0.185 e.